The van der Waals surface area contributed by atoms with Crippen LogP contribution in [0.4, 0.5) is 9.18 Å². The SMILES string of the molecule is Cc1ccc2nc(-c3ccc(F)cc3)c(CN3CCC(NC(N)=O)C3)n2c1. The van der Waals surface area contributed by atoms with E-state index in [4.69, 9.17) is 10.7 Å². The van der Waals surface area contributed by atoms with Crippen molar-refractivity contribution in [1.82, 2.24) is 19.6 Å². The second-order valence-electron chi connectivity index (χ2n) is 7.08. The number of fused-ring (bicyclic) bond motifs is 1. The van der Waals surface area contributed by atoms with Gasteiger partial charge < -0.3 is 15.5 Å². The van der Waals surface area contributed by atoms with Crippen LogP contribution in [0.25, 0.3) is 16.9 Å². The number of nitrogens with two attached hydrogens (primary N) is 1. The number of nitrogens with zero attached hydrogens (tertiary/aromatic N) is 3. The molecule has 1 fully saturated rings. The fourth-order valence-corrected chi connectivity index (χ4v) is 3.70. The molecule has 4 rings (SSSR count). The van der Waals surface area contributed by atoms with Gasteiger partial charge in [0.05, 0.1) is 11.4 Å². The summed E-state index contributed by atoms with van der Waals surface area (Å²) in [5, 5.41) is 2.78. The van der Waals surface area contributed by atoms with Gasteiger partial charge in [-0.25, -0.2) is 14.2 Å². The van der Waals surface area contributed by atoms with Gasteiger partial charge in [-0.1, -0.05) is 6.07 Å². The maximum atomic E-state index is 13.4. The zero-order chi connectivity index (χ0) is 19.0. The number of nitrogens with one attached hydrogen (secondary N) is 1. The van der Waals surface area contributed by atoms with E-state index < -0.39 is 6.03 Å². The minimum absolute atomic E-state index is 0.0673. The largest absolute Gasteiger partial charge is 0.352 e. The first-order valence-electron chi connectivity index (χ1n) is 9.01. The molecule has 3 heterocycles. The summed E-state index contributed by atoms with van der Waals surface area (Å²) in [6.45, 7) is 4.34. The smallest absolute Gasteiger partial charge is 0.312 e. The fraction of sp³-hybridized carbons (Fsp3) is 0.300. The van der Waals surface area contributed by atoms with E-state index in [1.54, 1.807) is 12.1 Å². The summed E-state index contributed by atoms with van der Waals surface area (Å²) in [5.41, 5.74) is 10.0. The Balaban J connectivity index is 1.69. The van der Waals surface area contributed by atoms with Gasteiger partial charge in [0.15, 0.2) is 0 Å². The molecule has 6 nitrogen and oxygen atoms in total. The monoisotopic (exact) mass is 367 g/mol. The van der Waals surface area contributed by atoms with Gasteiger partial charge in [-0.2, -0.15) is 0 Å². The lowest BCUT2D eigenvalue weighted by Crippen LogP contribution is -2.40. The third-order valence-electron chi connectivity index (χ3n) is 4.98. The Morgan fingerprint density at radius 3 is 2.81 bits per heavy atom. The van der Waals surface area contributed by atoms with Gasteiger partial charge in [0.25, 0.3) is 0 Å². The van der Waals surface area contributed by atoms with Crippen LogP contribution < -0.4 is 11.1 Å². The van der Waals surface area contributed by atoms with Crippen molar-refractivity contribution in [3.05, 3.63) is 59.7 Å². The minimum atomic E-state index is -0.487. The van der Waals surface area contributed by atoms with E-state index in [0.29, 0.717) is 6.54 Å². The molecule has 7 heteroatoms. The summed E-state index contributed by atoms with van der Waals surface area (Å²) in [6.07, 6.45) is 2.94. The van der Waals surface area contributed by atoms with Gasteiger partial charge >= 0.3 is 6.03 Å². The van der Waals surface area contributed by atoms with E-state index in [0.717, 1.165) is 47.7 Å². The van der Waals surface area contributed by atoms with Crippen LogP contribution in [0.15, 0.2) is 42.6 Å². The van der Waals surface area contributed by atoms with Crippen LogP contribution in [0.1, 0.15) is 17.7 Å². The second-order valence-corrected chi connectivity index (χ2v) is 7.08. The molecule has 2 amide bonds. The average Bonchev–Trinajstić information content (AvgIpc) is 3.20. The summed E-state index contributed by atoms with van der Waals surface area (Å²) < 4.78 is 15.5. The molecule has 27 heavy (non-hydrogen) atoms. The highest BCUT2D eigenvalue weighted by Gasteiger charge is 2.25. The average molecular weight is 367 g/mol. The molecule has 0 bridgehead atoms. The maximum Gasteiger partial charge on any atom is 0.312 e. The quantitative estimate of drug-likeness (QED) is 0.744. The van der Waals surface area contributed by atoms with Crippen LogP contribution in [0.3, 0.4) is 0 Å². The molecular weight excluding hydrogens is 345 g/mol. The van der Waals surface area contributed by atoms with E-state index in [1.165, 1.54) is 12.1 Å². The summed E-state index contributed by atoms with van der Waals surface area (Å²) >= 11 is 0. The molecule has 2 aromatic heterocycles. The Bertz CT molecular complexity index is 982. The number of likely N-dealkylation sites (tertiary alicyclic amines) is 1. The van der Waals surface area contributed by atoms with E-state index in [-0.39, 0.29) is 11.9 Å². The topological polar surface area (TPSA) is 75.7 Å². The van der Waals surface area contributed by atoms with Gasteiger partial charge in [-0.05, 0) is 49.2 Å². The molecule has 3 aromatic rings. The van der Waals surface area contributed by atoms with Crippen LogP contribution in [-0.2, 0) is 6.54 Å². The first-order valence-corrected chi connectivity index (χ1v) is 9.01. The lowest BCUT2D eigenvalue weighted by molar-refractivity contribution is 0.244. The first kappa shape index (κ1) is 17.5. The molecule has 140 valence electrons. The van der Waals surface area contributed by atoms with Crippen molar-refractivity contribution in [1.29, 1.82) is 0 Å². The van der Waals surface area contributed by atoms with Gasteiger partial charge in [-0.15, -0.1) is 0 Å². The van der Waals surface area contributed by atoms with E-state index >= 15 is 0 Å². The number of aromatic nitrogens is 2. The van der Waals surface area contributed by atoms with Crippen molar-refractivity contribution in [2.45, 2.75) is 25.9 Å². The zero-order valence-electron chi connectivity index (χ0n) is 15.2. The number of aryl methyl sites for hydroxylation is 1. The maximum absolute atomic E-state index is 13.4. The van der Waals surface area contributed by atoms with Gasteiger partial charge in [-0.3, -0.25) is 4.90 Å². The van der Waals surface area contributed by atoms with Crippen LogP contribution in [0, 0.1) is 12.7 Å². The first-order chi connectivity index (χ1) is 13.0. The summed E-state index contributed by atoms with van der Waals surface area (Å²) in [5.74, 6) is -0.264. The Morgan fingerprint density at radius 1 is 1.30 bits per heavy atom. The summed E-state index contributed by atoms with van der Waals surface area (Å²) in [7, 11) is 0. The number of hydrogen-bond donors (Lipinski definition) is 2. The number of halogens is 1. The number of imidazole rings is 1. The highest BCUT2D eigenvalue weighted by molar-refractivity contribution is 5.72. The molecule has 0 saturated carbocycles. The molecular formula is C20H22FN5O. The number of amides is 2. The number of pyridine rings is 1. The van der Waals surface area contributed by atoms with Crippen LogP contribution in [-0.4, -0.2) is 39.4 Å². The Hall–Kier alpha value is -2.93. The number of rotatable bonds is 4. The Labute approximate surface area is 156 Å². The van der Waals surface area contributed by atoms with Crippen molar-refractivity contribution in [2.24, 2.45) is 5.73 Å². The lowest BCUT2D eigenvalue weighted by atomic mass is 10.1. The molecule has 1 atom stereocenters. The number of primary amides is 1. The van der Waals surface area contributed by atoms with Crippen LogP contribution in [0.5, 0.6) is 0 Å². The Morgan fingerprint density at radius 2 is 2.07 bits per heavy atom. The number of carbonyl (C=O) groups excluding carboxylic acids is 1. The molecule has 0 aliphatic carbocycles. The number of benzene rings is 1. The molecule has 0 spiro atoms. The normalized spacial score (nSPS) is 17.5. The predicted molar refractivity (Wildman–Crippen MR) is 102 cm³/mol. The molecule has 1 aliphatic rings. The standard InChI is InChI=1S/C20H22FN5O/c1-13-2-7-18-24-19(14-3-5-15(21)6-4-14)17(26(18)10-13)12-25-9-8-16(11-25)23-20(22)27/h2-7,10,16H,8-9,11-12H2,1H3,(H3,22,23,27). The number of urea groups is 1. The van der Waals surface area contributed by atoms with Gasteiger partial charge in [0.2, 0.25) is 0 Å². The highest BCUT2D eigenvalue weighted by atomic mass is 19.1. The van der Waals surface area contributed by atoms with E-state index in [1.807, 2.05) is 19.1 Å². The van der Waals surface area contributed by atoms with E-state index in [2.05, 4.69) is 20.8 Å². The predicted octanol–water partition coefficient (Wildman–Crippen LogP) is 2.69. The molecule has 1 unspecified atom stereocenters. The van der Waals surface area contributed by atoms with Crippen molar-refractivity contribution < 1.29 is 9.18 Å². The molecule has 3 N–H and O–H groups in total. The van der Waals surface area contributed by atoms with Crippen molar-refractivity contribution in [3.63, 3.8) is 0 Å². The van der Waals surface area contributed by atoms with Crippen molar-refractivity contribution in [2.75, 3.05) is 13.1 Å². The third-order valence-corrected chi connectivity index (χ3v) is 4.98. The number of hydrogen-bond acceptors (Lipinski definition) is 3. The van der Waals surface area contributed by atoms with Crippen molar-refractivity contribution in [3.8, 4) is 11.3 Å². The second kappa shape index (κ2) is 7.00. The summed E-state index contributed by atoms with van der Waals surface area (Å²) in [4.78, 5) is 18.2. The molecule has 1 aliphatic heterocycles. The third kappa shape index (κ3) is 3.64. The minimum Gasteiger partial charge on any atom is -0.352 e. The highest BCUT2D eigenvalue weighted by Crippen LogP contribution is 2.27. The zero-order valence-corrected chi connectivity index (χ0v) is 15.2. The number of carbonyl (C=O) groups is 1. The lowest BCUT2D eigenvalue weighted by Gasteiger charge is -2.17. The van der Waals surface area contributed by atoms with Gasteiger partial charge in [0.1, 0.15) is 11.5 Å². The Kier molecular flexibility index (Phi) is 4.53. The van der Waals surface area contributed by atoms with Crippen LogP contribution in [0.2, 0.25) is 0 Å². The van der Waals surface area contributed by atoms with Crippen LogP contribution >= 0.6 is 0 Å². The molecule has 1 saturated heterocycles. The fourth-order valence-electron chi connectivity index (χ4n) is 3.70. The van der Waals surface area contributed by atoms with Gasteiger partial charge in [0, 0.05) is 37.4 Å². The molecule has 1 aromatic carbocycles. The molecule has 0 radical (unpaired) electrons. The van der Waals surface area contributed by atoms with Crippen molar-refractivity contribution >= 4 is 11.7 Å². The van der Waals surface area contributed by atoms with E-state index in [9.17, 15) is 9.18 Å². The summed E-state index contributed by atoms with van der Waals surface area (Å²) in [6, 6.07) is 10.0.